The summed E-state index contributed by atoms with van der Waals surface area (Å²) in [5, 5.41) is 3.50. The van der Waals surface area contributed by atoms with Crippen LogP contribution in [0.2, 0.25) is 0 Å². The second-order valence-corrected chi connectivity index (χ2v) is 4.92. The molecule has 1 fully saturated rings. The Kier molecular flexibility index (Phi) is 4.52. The molecule has 0 aromatic heterocycles. The summed E-state index contributed by atoms with van der Waals surface area (Å²) >= 11 is 5.23. The molecule has 0 saturated carbocycles. The lowest BCUT2D eigenvalue weighted by atomic mass is 10.1. The Balaban J connectivity index is 1.97. The highest BCUT2D eigenvalue weighted by Crippen LogP contribution is 2.20. The van der Waals surface area contributed by atoms with Crippen LogP contribution in [0.4, 0.5) is 5.69 Å². The van der Waals surface area contributed by atoms with Gasteiger partial charge in [-0.1, -0.05) is 18.2 Å². The van der Waals surface area contributed by atoms with Crippen molar-refractivity contribution in [1.82, 2.24) is 5.32 Å². The molecule has 1 saturated heterocycles. The molecule has 20 heavy (non-hydrogen) atoms. The highest BCUT2D eigenvalue weighted by molar-refractivity contribution is 7.80. The third-order valence-corrected chi connectivity index (χ3v) is 3.33. The number of benzene rings is 1. The average molecular weight is 292 g/mol. The summed E-state index contributed by atoms with van der Waals surface area (Å²) in [4.78, 5) is 16.7. The van der Waals surface area contributed by atoms with Gasteiger partial charge in [0.15, 0.2) is 5.11 Å². The summed E-state index contributed by atoms with van der Waals surface area (Å²) < 4.78 is 0. The van der Waals surface area contributed by atoms with Crippen molar-refractivity contribution in [3.8, 4) is 0 Å². The fourth-order valence-corrected chi connectivity index (χ4v) is 2.43. The maximum atomic E-state index is 12.3. The van der Waals surface area contributed by atoms with Crippen molar-refractivity contribution in [2.75, 3.05) is 11.4 Å². The molecule has 1 aromatic rings. The number of hydrogen-bond acceptors (Lipinski definition) is 2. The van der Waals surface area contributed by atoms with Crippen LogP contribution in [0.3, 0.4) is 0 Å². The topological polar surface area (TPSA) is 98.3 Å². The second kappa shape index (κ2) is 6.33. The van der Waals surface area contributed by atoms with E-state index in [0.29, 0.717) is 18.1 Å². The van der Waals surface area contributed by atoms with E-state index in [4.69, 9.17) is 23.7 Å². The maximum Gasteiger partial charge on any atom is 0.338 e. The number of carbonyl (C=O) groups excluding carboxylic acids is 1. The monoisotopic (exact) mass is 292 g/mol. The fraction of sp³-hybridized carbons (Fsp3) is 0.308. The van der Waals surface area contributed by atoms with Gasteiger partial charge in [0, 0.05) is 0 Å². The van der Waals surface area contributed by atoms with Gasteiger partial charge in [-0.2, -0.15) is 0 Å². The van der Waals surface area contributed by atoms with E-state index >= 15 is 0 Å². The zero-order valence-electron chi connectivity index (χ0n) is 11.0. The fourth-order valence-electron chi connectivity index (χ4n) is 2.09. The first-order chi connectivity index (χ1) is 9.59. The van der Waals surface area contributed by atoms with E-state index in [-0.39, 0.29) is 17.9 Å². The Bertz CT molecular complexity index is 527. The van der Waals surface area contributed by atoms with Crippen LogP contribution in [0.1, 0.15) is 12.8 Å². The minimum Gasteiger partial charge on any atom is -0.350 e. The number of nitrogens with one attached hydrogen (secondary N) is 2. The van der Waals surface area contributed by atoms with Gasteiger partial charge < -0.3 is 5.32 Å². The lowest BCUT2D eigenvalue weighted by Gasteiger charge is -2.14. The number of guanidine groups is 1. The molecule has 7 heteroatoms. The molecule has 6 nitrogen and oxygen atoms in total. The van der Waals surface area contributed by atoms with E-state index < -0.39 is 0 Å². The molecule has 1 aliphatic rings. The number of nitrogens with zero attached hydrogens (tertiary/aromatic N) is 1. The number of amides is 1. The van der Waals surface area contributed by atoms with Crippen molar-refractivity contribution >= 4 is 34.9 Å². The maximum absolute atomic E-state index is 12.3. The first-order valence-corrected chi connectivity index (χ1v) is 6.81. The molecule has 0 aliphatic carbocycles. The van der Waals surface area contributed by atoms with Crippen LogP contribution < -0.4 is 26.7 Å². The quantitative estimate of drug-likeness (QED) is 0.227. The molecule has 0 spiro atoms. The van der Waals surface area contributed by atoms with Crippen molar-refractivity contribution in [3.63, 3.8) is 0 Å². The molecule has 106 valence electrons. The standard InChI is InChI=1S/C13H17N5OS/c14-12(15)16-8-4-7-10-11(19)18(13(20)17-10)9-5-2-1-3-6-9/h1-3,5-6,10H,4,7-8H2,(H,17,20)(H4,14,15,16)/p+1/t10-/m1/s1. The average Bonchev–Trinajstić information content (AvgIpc) is 2.70. The van der Waals surface area contributed by atoms with Gasteiger partial charge in [-0.3, -0.25) is 26.2 Å². The van der Waals surface area contributed by atoms with E-state index in [1.807, 2.05) is 30.3 Å². The molecule has 1 aliphatic heterocycles. The molecule has 0 unspecified atom stereocenters. The van der Waals surface area contributed by atoms with Crippen molar-refractivity contribution in [3.05, 3.63) is 30.3 Å². The first-order valence-electron chi connectivity index (χ1n) is 6.41. The van der Waals surface area contributed by atoms with Crippen molar-refractivity contribution in [2.24, 2.45) is 11.5 Å². The van der Waals surface area contributed by atoms with Crippen LogP contribution in [0.25, 0.3) is 0 Å². The van der Waals surface area contributed by atoms with E-state index in [2.05, 4.69) is 10.3 Å². The predicted octanol–water partition coefficient (Wildman–Crippen LogP) is -1.59. The number of anilines is 1. The molecule has 1 heterocycles. The minimum absolute atomic E-state index is 0.0223. The number of nitrogens with two attached hydrogens (primary N) is 2. The summed E-state index contributed by atoms with van der Waals surface area (Å²) in [5.74, 6) is 0.169. The number of para-hydroxylation sites is 1. The molecule has 6 N–H and O–H groups in total. The van der Waals surface area contributed by atoms with Gasteiger partial charge in [0.05, 0.1) is 12.2 Å². The van der Waals surface area contributed by atoms with Gasteiger partial charge in [0.1, 0.15) is 6.04 Å². The molecule has 0 radical (unpaired) electrons. The van der Waals surface area contributed by atoms with Gasteiger partial charge >= 0.3 is 5.96 Å². The Hall–Kier alpha value is -2.15. The second-order valence-electron chi connectivity index (χ2n) is 4.54. The van der Waals surface area contributed by atoms with Gasteiger partial charge in [-0.05, 0) is 37.2 Å². The lowest BCUT2D eigenvalue weighted by molar-refractivity contribution is -0.459. The summed E-state index contributed by atoms with van der Waals surface area (Å²) in [6.07, 6.45) is 1.44. The molecule has 0 bridgehead atoms. The molecule has 2 rings (SSSR count). The highest BCUT2D eigenvalue weighted by atomic mass is 32.1. The summed E-state index contributed by atoms with van der Waals surface area (Å²) in [7, 11) is 0. The van der Waals surface area contributed by atoms with Crippen molar-refractivity contribution < 1.29 is 9.79 Å². The van der Waals surface area contributed by atoms with Crippen LogP contribution >= 0.6 is 12.2 Å². The predicted molar refractivity (Wildman–Crippen MR) is 81.9 cm³/mol. The van der Waals surface area contributed by atoms with E-state index in [1.54, 1.807) is 0 Å². The third kappa shape index (κ3) is 3.24. The smallest absolute Gasteiger partial charge is 0.338 e. The molecule has 1 amide bonds. The van der Waals surface area contributed by atoms with Crippen molar-refractivity contribution in [1.29, 1.82) is 0 Å². The van der Waals surface area contributed by atoms with Crippen LogP contribution in [0.5, 0.6) is 0 Å². The van der Waals surface area contributed by atoms with E-state index in [0.717, 1.165) is 12.1 Å². The molecule has 1 aromatic carbocycles. The number of hydrogen-bond donors (Lipinski definition) is 4. The van der Waals surface area contributed by atoms with Crippen LogP contribution in [0.15, 0.2) is 30.3 Å². The van der Waals surface area contributed by atoms with Crippen LogP contribution in [-0.4, -0.2) is 29.6 Å². The Morgan fingerprint density at radius 3 is 2.70 bits per heavy atom. The van der Waals surface area contributed by atoms with Crippen LogP contribution in [0, 0.1) is 0 Å². The SMILES string of the molecule is NC(N)=[NH+]CCC[C@H]1NC(=S)N(c2ccccc2)C1=O. The Morgan fingerprint density at radius 1 is 1.35 bits per heavy atom. The molecular weight excluding hydrogens is 274 g/mol. The molecular formula is C13H18N5OS+. The number of rotatable bonds is 5. The zero-order valence-corrected chi connectivity index (χ0v) is 11.8. The largest absolute Gasteiger partial charge is 0.350 e. The van der Waals surface area contributed by atoms with Crippen LogP contribution in [-0.2, 0) is 4.79 Å². The molecule has 1 atom stereocenters. The van der Waals surface area contributed by atoms with Gasteiger partial charge in [0.2, 0.25) is 0 Å². The normalized spacial score (nSPS) is 18.0. The minimum atomic E-state index is -0.288. The van der Waals surface area contributed by atoms with Crippen molar-refractivity contribution in [2.45, 2.75) is 18.9 Å². The lowest BCUT2D eigenvalue weighted by Crippen LogP contribution is -2.78. The highest BCUT2D eigenvalue weighted by Gasteiger charge is 2.35. The van der Waals surface area contributed by atoms with E-state index in [1.165, 1.54) is 4.90 Å². The van der Waals surface area contributed by atoms with E-state index in [9.17, 15) is 4.79 Å². The van der Waals surface area contributed by atoms with Gasteiger partial charge in [-0.15, -0.1) is 0 Å². The van der Waals surface area contributed by atoms with Gasteiger partial charge in [-0.25, -0.2) is 0 Å². The zero-order chi connectivity index (χ0) is 14.5. The number of carbonyl (C=O) groups is 1. The Morgan fingerprint density at radius 2 is 2.05 bits per heavy atom. The first kappa shape index (κ1) is 14.3. The Labute approximate surface area is 122 Å². The van der Waals surface area contributed by atoms with Gasteiger partial charge in [0.25, 0.3) is 5.91 Å². The number of thiocarbonyl (C=S) groups is 1. The third-order valence-electron chi connectivity index (χ3n) is 3.03. The summed E-state index contributed by atoms with van der Waals surface area (Å²) in [5.41, 5.74) is 11.4. The summed E-state index contributed by atoms with van der Waals surface area (Å²) in [6.45, 7) is 0.631. The summed E-state index contributed by atoms with van der Waals surface area (Å²) in [6, 6.07) is 9.09.